The lowest BCUT2D eigenvalue weighted by Gasteiger charge is -2.33. The van der Waals surface area contributed by atoms with Crippen LogP contribution in [0.1, 0.15) is 64.6 Å². The number of nitrogens with one attached hydrogen (secondary N) is 2. The first-order valence-corrected chi connectivity index (χ1v) is 9.96. The predicted molar refractivity (Wildman–Crippen MR) is 96.2 cm³/mol. The number of carbonyl (C=O) groups excluding carboxylic acids is 1. The topological polar surface area (TPSA) is 75.3 Å². The molecule has 2 unspecified atom stereocenters. The van der Waals surface area contributed by atoms with E-state index in [4.69, 9.17) is 0 Å². The highest BCUT2D eigenvalue weighted by Crippen LogP contribution is 2.28. The minimum absolute atomic E-state index is 0.0418. The van der Waals surface area contributed by atoms with Crippen molar-refractivity contribution in [1.29, 1.82) is 0 Å². The molecule has 24 heavy (non-hydrogen) atoms. The summed E-state index contributed by atoms with van der Waals surface area (Å²) in [6, 6.07) is 7.39. The van der Waals surface area contributed by atoms with Crippen LogP contribution in [0.25, 0.3) is 0 Å². The summed E-state index contributed by atoms with van der Waals surface area (Å²) in [5, 5.41) is 2.44. The van der Waals surface area contributed by atoms with Crippen molar-refractivity contribution in [1.82, 2.24) is 10.0 Å². The van der Waals surface area contributed by atoms with Gasteiger partial charge in [0.1, 0.15) is 0 Å². The van der Waals surface area contributed by atoms with E-state index in [9.17, 15) is 13.2 Å². The molecule has 1 amide bonds. The van der Waals surface area contributed by atoms with Gasteiger partial charge < -0.3 is 5.32 Å². The molecule has 0 saturated carbocycles. The summed E-state index contributed by atoms with van der Waals surface area (Å²) in [5.41, 5.74) is 2.17. The minimum atomic E-state index is -3.39. The molecule has 6 heteroatoms. The molecule has 2 N–H and O–H groups in total. The van der Waals surface area contributed by atoms with Crippen molar-refractivity contribution in [3.05, 3.63) is 35.4 Å². The van der Waals surface area contributed by atoms with E-state index in [2.05, 4.69) is 30.8 Å². The van der Waals surface area contributed by atoms with Gasteiger partial charge in [0.15, 0.2) is 0 Å². The van der Waals surface area contributed by atoms with E-state index in [0.29, 0.717) is 12.8 Å². The molecule has 0 radical (unpaired) electrons. The van der Waals surface area contributed by atoms with Gasteiger partial charge in [-0.1, -0.05) is 45.0 Å². The maximum atomic E-state index is 12.2. The Bertz CT molecular complexity index is 688. The Labute approximate surface area is 145 Å². The molecule has 1 aromatic rings. The molecule has 1 heterocycles. The maximum absolute atomic E-state index is 12.2. The van der Waals surface area contributed by atoms with E-state index in [-0.39, 0.29) is 23.4 Å². The molecule has 0 bridgehead atoms. The Morgan fingerprint density at radius 1 is 1.17 bits per heavy atom. The number of rotatable bonds is 4. The van der Waals surface area contributed by atoms with Crippen LogP contribution in [0.3, 0.4) is 0 Å². The predicted octanol–water partition coefficient (Wildman–Crippen LogP) is 2.63. The second-order valence-corrected chi connectivity index (χ2v) is 10.0. The van der Waals surface area contributed by atoms with Gasteiger partial charge in [0.05, 0.1) is 11.3 Å². The van der Waals surface area contributed by atoms with Gasteiger partial charge in [0.25, 0.3) is 0 Å². The van der Waals surface area contributed by atoms with Gasteiger partial charge in [-0.3, -0.25) is 4.79 Å². The lowest BCUT2D eigenvalue weighted by Crippen LogP contribution is -2.51. The second-order valence-electron chi connectivity index (χ2n) is 7.77. The van der Waals surface area contributed by atoms with Gasteiger partial charge in [0, 0.05) is 12.5 Å². The third-order valence-corrected chi connectivity index (χ3v) is 6.35. The quantitative estimate of drug-likeness (QED) is 0.875. The lowest BCUT2D eigenvalue weighted by atomic mass is 9.85. The van der Waals surface area contributed by atoms with Crippen molar-refractivity contribution in [2.24, 2.45) is 0 Å². The molecule has 1 saturated heterocycles. The third-order valence-electron chi connectivity index (χ3n) is 4.47. The Morgan fingerprint density at radius 2 is 1.75 bits per heavy atom. The fourth-order valence-corrected chi connectivity index (χ4v) is 3.73. The first kappa shape index (κ1) is 18.9. The number of hydrogen-bond acceptors (Lipinski definition) is 3. The fourth-order valence-electron chi connectivity index (χ4n) is 2.78. The van der Waals surface area contributed by atoms with Crippen LogP contribution >= 0.6 is 0 Å². The first-order chi connectivity index (χ1) is 11.0. The van der Waals surface area contributed by atoms with Crippen LogP contribution in [-0.2, 0) is 20.2 Å². The van der Waals surface area contributed by atoms with Gasteiger partial charge in [-0.2, -0.15) is 0 Å². The molecule has 0 spiro atoms. The second kappa shape index (κ2) is 6.84. The number of carbonyl (C=O) groups is 1. The van der Waals surface area contributed by atoms with Crippen molar-refractivity contribution in [3.63, 3.8) is 0 Å². The van der Waals surface area contributed by atoms with Crippen molar-refractivity contribution in [2.75, 3.05) is 0 Å². The summed E-state index contributed by atoms with van der Waals surface area (Å²) in [7, 11) is -3.39. The number of benzene rings is 1. The zero-order chi connectivity index (χ0) is 18.1. The molecule has 2 rings (SSSR count). The fraction of sp³-hybridized carbons (Fsp3) is 0.611. The number of sulfonamides is 1. The Kier molecular flexibility index (Phi) is 5.40. The van der Waals surface area contributed by atoms with Crippen LogP contribution in [-0.4, -0.2) is 25.6 Å². The Morgan fingerprint density at radius 3 is 2.25 bits per heavy atom. The molecule has 134 valence electrons. The molecular weight excluding hydrogens is 324 g/mol. The summed E-state index contributed by atoms with van der Waals surface area (Å²) >= 11 is 0. The molecule has 1 aromatic carbocycles. The van der Waals surface area contributed by atoms with Crippen LogP contribution in [0.5, 0.6) is 0 Å². The highest BCUT2D eigenvalue weighted by molar-refractivity contribution is 7.90. The standard InChI is InChI=1S/C18H28N2O3S/c1-12(2)24(22,23)20-15-10-11-16(21)19-17(15)13-6-8-14(9-7-13)18(3,4)5/h6-9,12,15,17,20H,10-11H2,1-5H3,(H,19,21). The van der Waals surface area contributed by atoms with Crippen LogP contribution in [0.4, 0.5) is 0 Å². The summed E-state index contributed by atoms with van der Waals surface area (Å²) in [4.78, 5) is 11.8. The molecule has 0 aliphatic carbocycles. The normalized spacial score (nSPS) is 22.5. The Hall–Kier alpha value is -1.40. The highest BCUT2D eigenvalue weighted by atomic mass is 32.2. The van der Waals surface area contributed by atoms with Crippen molar-refractivity contribution < 1.29 is 13.2 Å². The third kappa shape index (κ3) is 4.36. The first-order valence-electron chi connectivity index (χ1n) is 8.41. The van der Waals surface area contributed by atoms with Crippen molar-refractivity contribution in [3.8, 4) is 0 Å². The highest BCUT2D eigenvalue weighted by Gasteiger charge is 2.33. The molecule has 2 atom stereocenters. The van der Waals surface area contributed by atoms with Crippen LogP contribution in [0.15, 0.2) is 24.3 Å². The summed E-state index contributed by atoms with van der Waals surface area (Å²) in [6.45, 7) is 9.73. The average Bonchev–Trinajstić information content (AvgIpc) is 2.48. The molecule has 5 nitrogen and oxygen atoms in total. The largest absolute Gasteiger partial charge is 0.348 e. The molecule has 1 aliphatic heterocycles. The van der Waals surface area contributed by atoms with E-state index in [0.717, 1.165) is 5.56 Å². The average molecular weight is 353 g/mol. The molecule has 1 aliphatic rings. The monoisotopic (exact) mass is 352 g/mol. The zero-order valence-electron chi connectivity index (χ0n) is 15.1. The van der Waals surface area contributed by atoms with E-state index in [1.54, 1.807) is 13.8 Å². The summed E-state index contributed by atoms with van der Waals surface area (Å²) in [5.74, 6) is -0.0418. The van der Waals surface area contributed by atoms with Gasteiger partial charge in [-0.05, 0) is 36.8 Å². The Balaban J connectivity index is 2.28. The number of piperidine rings is 1. The number of amides is 1. The van der Waals surface area contributed by atoms with E-state index >= 15 is 0 Å². The van der Waals surface area contributed by atoms with Crippen LogP contribution in [0, 0.1) is 0 Å². The summed E-state index contributed by atoms with van der Waals surface area (Å²) in [6.07, 6.45) is 0.839. The van der Waals surface area contributed by atoms with E-state index in [1.165, 1.54) is 5.56 Å². The van der Waals surface area contributed by atoms with Gasteiger partial charge in [-0.25, -0.2) is 13.1 Å². The number of hydrogen-bond donors (Lipinski definition) is 2. The van der Waals surface area contributed by atoms with E-state index in [1.807, 2.05) is 24.3 Å². The van der Waals surface area contributed by atoms with Gasteiger partial charge in [-0.15, -0.1) is 0 Å². The summed E-state index contributed by atoms with van der Waals surface area (Å²) < 4.78 is 27.2. The molecular formula is C18H28N2O3S. The van der Waals surface area contributed by atoms with Crippen molar-refractivity contribution in [2.45, 2.75) is 70.2 Å². The van der Waals surface area contributed by atoms with E-state index < -0.39 is 15.3 Å². The minimum Gasteiger partial charge on any atom is -0.348 e. The lowest BCUT2D eigenvalue weighted by molar-refractivity contribution is -0.123. The molecule has 0 aromatic heterocycles. The van der Waals surface area contributed by atoms with Gasteiger partial charge >= 0.3 is 0 Å². The molecule has 1 fully saturated rings. The van der Waals surface area contributed by atoms with Crippen LogP contribution < -0.4 is 10.0 Å². The van der Waals surface area contributed by atoms with Crippen molar-refractivity contribution >= 4 is 15.9 Å². The maximum Gasteiger partial charge on any atom is 0.220 e. The van der Waals surface area contributed by atoms with Gasteiger partial charge in [0.2, 0.25) is 15.9 Å². The zero-order valence-corrected chi connectivity index (χ0v) is 15.9. The smallest absolute Gasteiger partial charge is 0.220 e. The van der Waals surface area contributed by atoms with Crippen LogP contribution in [0.2, 0.25) is 0 Å². The SMILES string of the molecule is CC(C)S(=O)(=O)NC1CCC(=O)NC1c1ccc(C(C)(C)C)cc1.